The van der Waals surface area contributed by atoms with E-state index < -0.39 is 10.0 Å². The number of anilines is 1. The van der Waals surface area contributed by atoms with E-state index in [1.165, 1.54) is 4.31 Å². The second-order valence-electron chi connectivity index (χ2n) is 7.57. The van der Waals surface area contributed by atoms with Gasteiger partial charge in [-0.15, -0.1) is 0 Å². The van der Waals surface area contributed by atoms with Crippen LogP contribution in [0.2, 0.25) is 0 Å². The Labute approximate surface area is 185 Å². The summed E-state index contributed by atoms with van der Waals surface area (Å²) in [6.45, 7) is 0.735. The number of carbonyl (C=O) groups excluding carboxylic acids is 1. The lowest BCUT2D eigenvalue weighted by atomic mass is 9.97. The molecule has 0 bridgehead atoms. The molecule has 1 aliphatic heterocycles. The molecule has 156 valence electrons. The van der Waals surface area contributed by atoms with Gasteiger partial charge in [-0.2, -0.15) is 0 Å². The number of benzene rings is 3. The molecule has 3 aromatic carbocycles. The molecule has 1 heterocycles. The van der Waals surface area contributed by atoms with Crippen LogP contribution in [0.5, 0.6) is 0 Å². The Morgan fingerprint density at radius 1 is 0.967 bits per heavy atom. The van der Waals surface area contributed by atoms with Gasteiger partial charge in [-0.05, 0) is 42.0 Å². The summed E-state index contributed by atoms with van der Waals surface area (Å²) in [4.78, 5) is 12.8. The molecule has 0 aromatic heterocycles. The summed E-state index contributed by atoms with van der Waals surface area (Å²) in [5, 5.41) is 5.12. The van der Waals surface area contributed by atoms with Gasteiger partial charge in [-0.1, -0.05) is 64.5 Å². The van der Waals surface area contributed by atoms with Crippen LogP contribution in [0.25, 0.3) is 10.8 Å². The third-order valence-electron chi connectivity index (χ3n) is 5.53. The summed E-state index contributed by atoms with van der Waals surface area (Å²) < 4.78 is 28.0. The normalized spacial score (nSPS) is 15.9. The smallest absolute Gasteiger partial charge is 0.227 e. The number of carbonyl (C=O) groups is 1. The van der Waals surface area contributed by atoms with E-state index in [9.17, 15) is 13.2 Å². The molecule has 3 aromatic rings. The van der Waals surface area contributed by atoms with Gasteiger partial charge in [0, 0.05) is 34.6 Å². The van der Waals surface area contributed by atoms with Gasteiger partial charge in [0.15, 0.2) is 0 Å². The van der Waals surface area contributed by atoms with Crippen LogP contribution in [0.1, 0.15) is 18.4 Å². The lowest BCUT2D eigenvalue weighted by molar-refractivity contribution is -0.120. The molecule has 1 aliphatic rings. The van der Waals surface area contributed by atoms with E-state index >= 15 is 0 Å². The van der Waals surface area contributed by atoms with Crippen LogP contribution in [0.15, 0.2) is 71.2 Å². The van der Waals surface area contributed by atoms with Crippen LogP contribution in [-0.2, 0) is 20.6 Å². The fourth-order valence-electron chi connectivity index (χ4n) is 3.85. The van der Waals surface area contributed by atoms with E-state index in [1.54, 1.807) is 0 Å². The maximum Gasteiger partial charge on any atom is 0.227 e. The molecule has 0 atom stereocenters. The van der Waals surface area contributed by atoms with Crippen LogP contribution in [0.4, 0.5) is 5.69 Å². The van der Waals surface area contributed by atoms with Gasteiger partial charge in [-0.3, -0.25) is 4.79 Å². The molecule has 0 unspecified atom stereocenters. The molecule has 0 spiro atoms. The first-order valence-corrected chi connectivity index (χ1v) is 12.3. The fraction of sp³-hybridized carbons (Fsp3) is 0.261. The zero-order valence-electron chi connectivity index (χ0n) is 16.4. The molecule has 1 N–H and O–H groups in total. The van der Waals surface area contributed by atoms with Crippen LogP contribution in [0, 0.1) is 5.92 Å². The second-order valence-corrected chi connectivity index (χ2v) is 10.5. The molecule has 1 amide bonds. The van der Waals surface area contributed by atoms with Crippen molar-refractivity contribution in [3.05, 3.63) is 76.8 Å². The van der Waals surface area contributed by atoms with Crippen molar-refractivity contribution in [3.8, 4) is 0 Å². The molecule has 1 fully saturated rings. The first-order chi connectivity index (χ1) is 14.4. The highest BCUT2D eigenvalue weighted by atomic mass is 79.9. The van der Waals surface area contributed by atoms with Crippen LogP contribution in [0.3, 0.4) is 0 Å². The van der Waals surface area contributed by atoms with Gasteiger partial charge in [0.25, 0.3) is 0 Å². The Kier molecular flexibility index (Phi) is 6.22. The molecule has 30 heavy (non-hydrogen) atoms. The average molecular weight is 487 g/mol. The number of piperidine rings is 1. The standard InChI is InChI=1S/C23H23BrN2O3S/c24-20-10-8-17(9-11-20)16-30(28,29)26-14-12-19(13-15-26)23(27)25-22-7-3-5-18-4-1-2-6-21(18)22/h1-11,19H,12-16H2,(H,25,27). The Morgan fingerprint density at radius 3 is 2.37 bits per heavy atom. The highest BCUT2D eigenvalue weighted by molar-refractivity contribution is 9.10. The molecule has 7 heteroatoms. The second kappa shape index (κ2) is 8.88. The minimum atomic E-state index is -3.40. The third kappa shape index (κ3) is 4.74. The molecule has 4 rings (SSSR count). The van der Waals surface area contributed by atoms with E-state index in [0.29, 0.717) is 25.9 Å². The molecule has 5 nitrogen and oxygen atoms in total. The summed E-state index contributed by atoms with van der Waals surface area (Å²) in [7, 11) is -3.40. The topological polar surface area (TPSA) is 66.5 Å². The summed E-state index contributed by atoms with van der Waals surface area (Å²) in [6.07, 6.45) is 1.05. The summed E-state index contributed by atoms with van der Waals surface area (Å²) in [6, 6.07) is 21.1. The van der Waals surface area contributed by atoms with Crippen LogP contribution in [-0.4, -0.2) is 31.7 Å². The Bertz CT molecular complexity index is 1150. The summed E-state index contributed by atoms with van der Waals surface area (Å²) in [5.74, 6) is -0.257. The number of rotatable bonds is 5. The number of nitrogens with zero attached hydrogens (tertiary/aromatic N) is 1. The zero-order valence-corrected chi connectivity index (χ0v) is 18.8. The lowest BCUT2D eigenvalue weighted by Crippen LogP contribution is -2.41. The molecular weight excluding hydrogens is 464 g/mol. The predicted octanol–water partition coefficient (Wildman–Crippen LogP) is 4.78. The van der Waals surface area contributed by atoms with Crippen molar-refractivity contribution in [3.63, 3.8) is 0 Å². The first-order valence-electron chi connectivity index (χ1n) is 9.93. The SMILES string of the molecule is O=C(Nc1cccc2ccccc12)C1CCN(S(=O)(=O)Cc2ccc(Br)cc2)CC1. The van der Waals surface area contributed by atoms with Crippen molar-refractivity contribution in [2.75, 3.05) is 18.4 Å². The third-order valence-corrected chi connectivity index (χ3v) is 7.91. The van der Waals surface area contributed by atoms with E-state index in [4.69, 9.17) is 0 Å². The highest BCUT2D eigenvalue weighted by Gasteiger charge is 2.31. The largest absolute Gasteiger partial charge is 0.325 e. The van der Waals surface area contributed by atoms with Gasteiger partial charge in [0.2, 0.25) is 15.9 Å². The van der Waals surface area contributed by atoms with Crippen molar-refractivity contribution in [2.45, 2.75) is 18.6 Å². The average Bonchev–Trinajstić information content (AvgIpc) is 2.75. The van der Waals surface area contributed by atoms with E-state index in [0.717, 1.165) is 26.5 Å². The van der Waals surface area contributed by atoms with Crippen molar-refractivity contribution in [2.24, 2.45) is 5.92 Å². The first kappa shape index (κ1) is 21.0. The maximum atomic E-state index is 12.8. The fourth-order valence-corrected chi connectivity index (χ4v) is 5.68. The number of nitrogens with one attached hydrogen (secondary N) is 1. The number of hydrogen-bond acceptors (Lipinski definition) is 3. The van der Waals surface area contributed by atoms with E-state index in [2.05, 4.69) is 21.2 Å². The maximum absolute atomic E-state index is 12.8. The number of halogens is 1. The quantitative estimate of drug-likeness (QED) is 0.563. The summed E-state index contributed by atoms with van der Waals surface area (Å²) in [5.41, 5.74) is 1.55. The highest BCUT2D eigenvalue weighted by Crippen LogP contribution is 2.26. The number of sulfonamides is 1. The van der Waals surface area contributed by atoms with Crippen LogP contribution < -0.4 is 5.32 Å². The van der Waals surface area contributed by atoms with Crippen molar-refractivity contribution in [1.29, 1.82) is 0 Å². The lowest BCUT2D eigenvalue weighted by Gasteiger charge is -2.30. The molecule has 0 aliphatic carbocycles. The van der Waals surface area contributed by atoms with Crippen molar-refractivity contribution in [1.82, 2.24) is 4.31 Å². The Balaban J connectivity index is 1.37. The summed E-state index contributed by atoms with van der Waals surface area (Å²) >= 11 is 3.36. The van der Waals surface area contributed by atoms with Gasteiger partial charge >= 0.3 is 0 Å². The van der Waals surface area contributed by atoms with Crippen molar-refractivity contribution >= 4 is 48.3 Å². The van der Waals surface area contributed by atoms with E-state index in [-0.39, 0.29) is 17.6 Å². The molecule has 1 saturated heterocycles. The van der Waals surface area contributed by atoms with E-state index in [1.807, 2.05) is 66.7 Å². The minimum absolute atomic E-state index is 0.0207. The molecule has 0 radical (unpaired) electrons. The monoisotopic (exact) mass is 486 g/mol. The van der Waals surface area contributed by atoms with Crippen LogP contribution >= 0.6 is 15.9 Å². The number of fused-ring (bicyclic) bond motifs is 1. The number of hydrogen-bond donors (Lipinski definition) is 1. The van der Waals surface area contributed by atoms with Gasteiger partial charge in [-0.25, -0.2) is 12.7 Å². The minimum Gasteiger partial charge on any atom is -0.325 e. The molecule has 0 saturated carbocycles. The Morgan fingerprint density at radius 2 is 1.63 bits per heavy atom. The number of amides is 1. The predicted molar refractivity (Wildman–Crippen MR) is 124 cm³/mol. The van der Waals surface area contributed by atoms with Gasteiger partial charge in [0.1, 0.15) is 0 Å². The zero-order chi connectivity index (χ0) is 21.1. The van der Waals surface area contributed by atoms with Gasteiger partial charge < -0.3 is 5.32 Å². The van der Waals surface area contributed by atoms with Gasteiger partial charge in [0.05, 0.1) is 5.75 Å². The molecular formula is C23H23BrN2O3S. The van der Waals surface area contributed by atoms with Crippen molar-refractivity contribution < 1.29 is 13.2 Å². The Hall–Kier alpha value is -2.22.